The first-order chi connectivity index (χ1) is 6.17. The largest absolute Gasteiger partial charge is 0.380 e. The van der Waals surface area contributed by atoms with E-state index >= 15 is 0 Å². The molecule has 1 unspecified atom stereocenters. The van der Waals surface area contributed by atoms with Gasteiger partial charge in [0, 0.05) is 6.61 Å². The van der Waals surface area contributed by atoms with E-state index in [2.05, 4.69) is 0 Å². The summed E-state index contributed by atoms with van der Waals surface area (Å²) in [6.07, 6.45) is 2.15. The Bertz CT molecular complexity index is 232. The lowest BCUT2D eigenvalue weighted by Gasteiger charge is -2.21. The molecular formula is C8H17NO3S. The minimum Gasteiger partial charge on any atom is -0.380 e. The molecule has 0 aromatic carbocycles. The molecule has 1 atom stereocenters. The van der Waals surface area contributed by atoms with E-state index in [0.29, 0.717) is 26.2 Å². The van der Waals surface area contributed by atoms with Gasteiger partial charge in [-0.15, -0.1) is 0 Å². The van der Waals surface area contributed by atoms with Crippen molar-refractivity contribution in [3.05, 3.63) is 0 Å². The average Bonchev–Trinajstić information content (AvgIpc) is 2.16. The van der Waals surface area contributed by atoms with Crippen molar-refractivity contribution in [1.29, 1.82) is 0 Å². The van der Waals surface area contributed by atoms with E-state index in [9.17, 15) is 8.42 Å². The summed E-state index contributed by atoms with van der Waals surface area (Å²) in [6.45, 7) is 1.50. The van der Waals surface area contributed by atoms with Crippen LogP contribution in [0, 0.1) is 0 Å². The molecule has 0 bridgehead atoms. The smallest absolute Gasteiger partial charge is 0.155 e. The number of hydrogen-bond donors (Lipinski definition) is 1. The van der Waals surface area contributed by atoms with Gasteiger partial charge in [-0.1, -0.05) is 0 Å². The van der Waals surface area contributed by atoms with Gasteiger partial charge >= 0.3 is 0 Å². The molecule has 78 valence electrons. The van der Waals surface area contributed by atoms with Crippen LogP contribution in [0.3, 0.4) is 0 Å². The Kier molecular flexibility index (Phi) is 4.15. The van der Waals surface area contributed by atoms with Crippen LogP contribution >= 0.6 is 0 Å². The molecule has 1 aliphatic rings. The van der Waals surface area contributed by atoms with Crippen LogP contribution in [0.4, 0.5) is 0 Å². The second-order valence-corrected chi connectivity index (χ2v) is 5.75. The first kappa shape index (κ1) is 10.9. The molecule has 0 aliphatic carbocycles. The van der Waals surface area contributed by atoms with Crippen LogP contribution in [0.2, 0.25) is 0 Å². The summed E-state index contributed by atoms with van der Waals surface area (Å²) < 4.78 is 28.4. The van der Waals surface area contributed by atoms with Crippen LogP contribution in [-0.2, 0) is 14.6 Å². The third kappa shape index (κ3) is 3.25. The maximum Gasteiger partial charge on any atom is 0.155 e. The van der Waals surface area contributed by atoms with Crippen LogP contribution in [0.1, 0.15) is 19.3 Å². The van der Waals surface area contributed by atoms with Crippen LogP contribution in [0.15, 0.2) is 0 Å². The van der Waals surface area contributed by atoms with Crippen molar-refractivity contribution >= 4 is 9.84 Å². The third-order valence-electron chi connectivity index (χ3n) is 2.26. The summed E-state index contributed by atoms with van der Waals surface area (Å²) in [5.41, 5.74) is 5.27. The molecule has 4 nitrogen and oxygen atoms in total. The van der Waals surface area contributed by atoms with Crippen molar-refractivity contribution in [2.24, 2.45) is 5.73 Å². The van der Waals surface area contributed by atoms with Gasteiger partial charge in [-0.25, -0.2) is 8.42 Å². The van der Waals surface area contributed by atoms with Gasteiger partial charge in [-0.3, -0.25) is 0 Å². The number of ether oxygens (including phenoxy) is 1. The van der Waals surface area contributed by atoms with Crippen molar-refractivity contribution in [3.63, 3.8) is 0 Å². The molecule has 5 heteroatoms. The molecule has 1 heterocycles. The lowest BCUT2D eigenvalue weighted by Crippen LogP contribution is -2.33. The first-order valence-electron chi connectivity index (χ1n) is 4.66. The van der Waals surface area contributed by atoms with Gasteiger partial charge in [0.2, 0.25) is 0 Å². The molecule has 0 spiro atoms. The highest BCUT2D eigenvalue weighted by atomic mass is 32.2. The van der Waals surface area contributed by atoms with Gasteiger partial charge in [0.15, 0.2) is 9.84 Å². The van der Waals surface area contributed by atoms with Crippen molar-refractivity contribution in [3.8, 4) is 0 Å². The summed E-state index contributed by atoms with van der Waals surface area (Å²) in [6, 6.07) is 0. The topological polar surface area (TPSA) is 69.4 Å². The van der Waals surface area contributed by atoms with Gasteiger partial charge in [-0.2, -0.15) is 0 Å². The lowest BCUT2D eigenvalue weighted by molar-refractivity contribution is 0.0991. The second-order valence-electron chi connectivity index (χ2n) is 3.35. The molecule has 0 radical (unpaired) electrons. The van der Waals surface area contributed by atoms with Gasteiger partial charge < -0.3 is 10.5 Å². The van der Waals surface area contributed by atoms with E-state index in [1.54, 1.807) is 0 Å². The van der Waals surface area contributed by atoms with E-state index in [1.165, 1.54) is 0 Å². The molecule has 0 saturated carbocycles. The van der Waals surface area contributed by atoms with E-state index < -0.39 is 9.84 Å². The van der Waals surface area contributed by atoms with Crippen LogP contribution < -0.4 is 5.73 Å². The maximum absolute atomic E-state index is 11.6. The zero-order valence-corrected chi connectivity index (χ0v) is 8.55. The molecule has 1 saturated heterocycles. The molecule has 0 aromatic heterocycles. The Morgan fingerprint density at radius 1 is 1.46 bits per heavy atom. The Morgan fingerprint density at radius 3 is 2.77 bits per heavy atom. The van der Waals surface area contributed by atoms with E-state index in [-0.39, 0.29) is 11.0 Å². The highest BCUT2D eigenvalue weighted by molar-refractivity contribution is 7.92. The fraction of sp³-hybridized carbons (Fsp3) is 1.00. The third-order valence-corrected chi connectivity index (χ3v) is 4.50. The number of rotatable bonds is 4. The molecule has 1 fully saturated rings. The molecule has 2 N–H and O–H groups in total. The number of hydrogen-bond acceptors (Lipinski definition) is 4. The summed E-state index contributed by atoms with van der Waals surface area (Å²) in [4.78, 5) is 0. The Hall–Kier alpha value is -0.130. The van der Waals surface area contributed by atoms with Gasteiger partial charge in [0.25, 0.3) is 0 Å². The Balaban J connectivity index is 2.47. The lowest BCUT2D eigenvalue weighted by atomic mass is 10.2. The quantitative estimate of drug-likeness (QED) is 0.700. The fourth-order valence-electron chi connectivity index (χ4n) is 1.45. The van der Waals surface area contributed by atoms with Gasteiger partial charge in [-0.05, 0) is 25.8 Å². The van der Waals surface area contributed by atoms with Crippen LogP contribution in [0.5, 0.6) is 0 Å². The molecular weight excluding hydrogens is 190 g/mol. The summed E-state index contributed by atoms with van der Waals surface area (Å²) >= 11 is 0. The van der Waals surface area contributed by atoms with E-state index in [1.807, 2.05) is 0 Å². The first-order valence-corrected chi connectivity index (χ1v) is 6.38. The van der Waals surface area contributed by atoms with Crippen LogP contribution in [-0.4, -0.2) is 39.2 Å². The molecule has 1 aliphatic heterocycles. The molecule has 0 amide bonds. The highest BCUT2D eigenvalue weighted by Gasteiger charge is 2.26. The SMILES string of the molecule is NCCCS(=O)(=O)C1CCCOC1. The van der Waals surface area contributed by atoms with Crippen molar-refractivity contribution < 1.29 is 13.2 Å². The standard InChI is InChI=1S/C8H17NO3S/c9-4-2-6-13(10,11)8-3-1-5-12-7-8/h8H,1-7,9H2. The minimum absolute atomic E-state index is 0.206. The number of sulfone groups is 1. The van der Waals surface area contributed by atoms with E-state index in [0.717, 1.165) is 12.8 Å². The summed E-state index contributed by atoms with van der Waals surface area (Å²) in [5.74, 6) is 0.206. The zero-order chi connectivity index (χ0) is 9.73. The Morgan fingerprint density at radius 2 is 2.23 bits per heavy atom. The van der Waals surface area contributed by atoms with Gasteiger partial charge in [0.1, 0.15) is 0 Å². The highest BCUT2D eigenvalue weighted by Crippen LogP contribution is 2.15. The molecule has 1 rings (SSSR count). The molecule has 0 aromatic rings. The van der Waals surface area contributed by atoms with E-state index in [4.69, 9.17) is 10.5 Å². The summed E-state index contributed by atoms with van der Waals surface area (Å²) in [5, 5.41) is -0.284. The number of nitrogens with two attached hydrogens (primary N) is 1. The van der Waals surface area contributed by atoms with Crippen LogP contribution in [0.25, 0.3) is 0 Å². The normalized spacial score (nSPS) is 24.5. The maximum atomic E-state index is 11.6. The predicted molar refractivity (Wildman–Crippen MR) is 51.3 cm³/mol. The monoisotopic (exact) mass is 207 g/mol. The minimum atomic E-state index is -2.95. The predicted octanol–water partition coefficient (Wildman–Crippen LogP) is -0.0710. The summed E-state index contributed by atoms with van der Waals surface area (Å²) in [7, 11) is -2.95. The average molecular weight is 207 g/mol. The van der Waals surface area contributed by atoms with Gasteiger partial charge in [0.05, 0.1) is 17.6 Å². The van der Waals surface area contributed by atoms with Crippen molar-refractivity contribution in [2.75, 3.05) is 25.5 Å². The van der Waals surface area contributed by atoms with Crippen molar-refractivity contribution in [1.82, 2.24) is 0 Å². The second kappa shape index (κ2) is 4.93. The zero-order valence-electron chi connectivity index (χ0n) is 7.74. The molecule has 13 heavy (non-hydrogen) atoms. The van der Waals surface area contributed by atoms with Crippen molar-refractivity contribution in [2.45, 2.75) is 24.5 Å². The Labute approximate surface area is 79.4 Å². The fourth-order valence-corrected chi connectivity index (χ4v) is 3.18.